The van der Waals surface area contributed by atoms with Crippen molar-refractivity contribution < 1.29 is 4.74 Å². The lowest BCUT2D eigenvalue weighted by molar-refractivity contribution is 0.197. The van der Waals surface area contributed by atoms with Gasteiger partial charge in [-0.3, -0.25) is 4.99 Å². The molecule has 130 valence electrons. The summed E-state index contributed by atoms with van der Waals surface area (Å²) in [6.07, 6.45) is 0. The fourth-order valence-corrected chi connectivity index (χ4v) is 1.96. The summed E-state index contributed by atoms with van der Waals surface area (Å²) in [5.74, 6) is 1.73. The Bertz CT molecular complexity index is 524. The van der Waals surface area contributed by atoms with Crippen LogP contribution in [0.2, 0.25) is 0 Å². The number of ether oxygens (including phenoxy) is 1. The molecule has 0 aliphatic heterocycles. The molecule has 23 heavy (non-hydrogen) atoms. The summed E-state index contributed by atoms with van der Waals surface area (Å²) in [6.45, 7) is 10.6. The molecule has 0 aliphatic carbocycles. The maximum absolute atomic E-state index is 5.72. The largest absolute Gasteiger partial charge is 0.494 e. The first kappa shape index (κ1) is 19.3. The van der Waals surface area contributed by atoms with E-state index in [0.29, 0.717) is 13.2 Å². The minimum atomic E-state index is 0.0535. The molecule has 0 heterocycles. The number of nitrogens with zero attached hydrogens (tertiary/aromatic N) is 2. The Kier molecular flexibility index (Phi) is 7.36. The van der Waals surface area contributed by atoms with Gasteiger partial charge in [-0.2, -0.15) is 0 Å². The van der Waals surface area contributed by atoms with Crippen molar-refractivity contribution in [3.05, 3.63) is 29.3 Å². The lowest BCUT2D eigenvalue weighted by Crippen LogP contribution is -2.50. The zero-order valence-electron chi connectivity index (χ0n) is 15.7. The molecule has 1 aromatic rings. The van der Waals surface area contributed by atoms with E-state index in [-0.39, 0.29) is 5.54 Å². The maximum atomic E-state index is 5.72. The summed E-state index contributed by atoms with van der Waals surface area (Å²) in [7, 11) is 5.95. The van der Waals surface area contributed by atoms with Crippen molar-refractivity contribution in [2.24, 2.45) is 4.99 Å². The van der Waals surface area contributed by atoms with Gasteiger partial charge >= 0.3 is 0 Å². The molecule has 0 atom stereocenters. The molecular formula is C18H32N4O. The second-order valence-electron chi connectivity index (χ2n) is 6.53. The Hall–Kier alpha value is -1.75. The van der Waals surface area contributed by atoms with Crippen molar-refractivity contribution in [3.63, 3.8) is 0 Å². The molecule has 0 aliphatic rings. The Morgan fingerprint density at radius 2 is 1.96 bits per heavy atom. The molecule has 1 rings (SSSR count). The highest BCUT2D eigenvalue weighted by molar-refractivity contribution is 5.79. The number of rotatable bonds is 7. The fraction of sp³-hybridized carbons (Fsp3) is 0.611. The topological polar surface area (TPSA) is 48.9 Å². The summed E-state index contributed by atoms with van der Waals surface area (Å²) in [6, 6.07) is 6.28. The van der Waals surface area contributed by atoms with E-state index in [1.165, 1.54) is 5.56 Å². The van der Waals surface area contributed by atoms with Crippen molar-refractivity contribution in [2.75, 3.05) is 34.3 Å². The van der Waals surface area contributed by atoms with E-state index in [9.17, 15) is 0 Å². The number of likely N-dealkylation sites (N-methyl/N-ethyl adjacent to an activating group) is 1. The molecule has 5 heteroatoms. The van der Waals surface area contributed by atoms with Crippen LogP contribution >= 0.6 is 0 Å². The highest BCUT2D eigenvalue weighted by atomic mass is 16.5. The van der Waals surface area contributed by atoms with E-state index in [1.54, 1.807) is 7.05 Å². The summed E-state index contributed by atoms with van der Waals surface area (Å²) >= 11 is 0. The van der Waals surface area contributed by atoms with E-state index >= 15 is 0 Å². The molecule has 0 bridgehead atoms. The second kappa shape index (κ2) is 8.77. The average Bonchev–Trinajstić information content (AvgIpc) is 2.49. The molecule has 0 aromatic heterocycles. The van der Waals surface area contributed by atoms with E-state index in [4.69, 9.17) is 4.74 Å². The Morgan fingerprint density at radius 1 is 1.26 bits per heavy atom. The van der Waals surface area contributed by atoms with Gasteiger partial charge in [-0.15, -0.1) is 0 Å². The number of aryl methyl sites for hydroxylation is 1. The number of hydrogen-bond donors (Lipinski definition) is 2. The van der Waals surface area contributed by atoms with Crippen LogP contribution in [0.1, 0.15) is 31.9 Å². The highest BCUT2D eigenvalue weighted by Gasteiger charge is 2.20. The van der Waals surface area contributed by atoms with Crippen LogP contribution in [0.15, 0.2) is 23.2 Å². The average molecular weight is 320 g/mol. The van der Waals surface area contributed by atoms with Gasteiger partial charge in [-0.1, -0.05) is 12.1 Å². The predicted octanol–water partition coefficient (Wildman–Crippen LogP) is 2.40. The van der Waals surface area contributed by atoms with Gasteiger partial charge < -0.3 is 20.3 Å². The van der Waals surface area contributed by atoms with Crippen LogP contribution < -0.4 is 15.4 Å². The molecule has 0 radical (unpaired) electrons. The van der Waals surface area contributed by atoms with Gasteiger partial charge in [-0.05, 0) is 53.4 Å². The summed E-state index contributed by atoms with van der Waals surface area (Å²) in [4.78, 5) is 6.49. The minimum absolute atomic E-state index is 0.0535. The Balaban J connectivity index is 2.65. The maximum Gasteiger partial charge on any atom is 0.191 e. The van der Waals surface area contributed by atoms with Crippen LogP contribution in [-0.2, 0) is 6.54 Å². The van der Waals surface area contributed by atoms with Crippen LogP contribution in [0, 0.1) is 6.92 Å². The lowest BCUT2D eigenvalue weighted by Gasteiger charge is -2.33. The third-order valence-corrected chi connectivity index (χ3v) is 4.09. The molecule has 2 N–H and O–H groups in total. The second-order valence-corrected chi connectivity index (χ2v) is 6.53. The van der Waals surface area contributed by atoms with Crippen molar-refractivity contribution in [1.82, 2.24) is 15.5 Å². The van der Waals surface area contributed by atoms with E-state index in [1.807, 2.05) is 6.92 Å². The zero-order valence-corrected chi connectivity index (χ0v) is 15.7. The van der Waals surface area contributed by atoms with Gasteiger partial charge in [-0.25, -0.2) is 0 Å². The molecule has 0 saturated heterocycles. The molecule has 0 saturated carbocycles. The summed E-state index contributed by atoms with van der Waals surface area (Å²) in [5.41, 5.74) is 2.39. The third kappa shape index (κ3) is 6.10. The molecule has 0 spiro atoms. The summed E-state index contributed by atoms with van der Waals surface area (Å²) in [5, 5.41) is 6.74. The first-order chi connectivity index (χ1) is 10.8. The van der Waals surface area contributed by atoms with Crippen LogP contribution in [0.25, 0.3) is 0 Å². The van der Waals surface area contributed by atoms with Crippen molar-refractivity contribution in [1.29, 1.82) is 0 Å². The standard InChI is InChI=1S/C18H32N4O/c1-8-23-16-11-14(2)9-10-15(16)12-20-17(19-5)21-13-18(3,4)22(6)7/h9-11H,8,12-13H2,1-7H3,(H2,19,20,21). The van der Waals surface area contributed by atoms with E-state index in [0.717, 1.165) is 23.8 Å². The van der Waals surface area contributed by atoms with E-state index in [2.05, 4.69) is 73.6 Å². The van der Waals surface area contributed by atoms with Crippen LogP contribution in [0.3, 0.4) is 0 Å². The SMILES string of the molecule is CCOc1cc(C)ccc1CNC(=NC)NCC(C)(C)N(C)C. The molecular weight excluding hydrogens is 288 g/mol. The smallest absolute Gasteiger partial charge is 0.191 e. The van der Waals surface area contributed by atoms with Gasteiger partial charge in [0.05, 0.1) is 6.61 Å². The molecule has 0 amide bonds. The van der Waals surface area contributed by atoms with Gasteiger partial charge in [0.25, 0.3) is 0 Å². The zero-order chi connectivity index (χ0) is 17.5. The third-order valence-electron chi connectivity index (χ3n) is 4.09. The lowest BCUT2D eigenvalue weighted by atomic mass is 10.0. The quantitative estimate of drug-likeness (QED) is 0.598. The van der Waals surface area contributed by atoms with Crippen molar-refractivity contribution in [2.45, 2.75) is 39.8 Å². The highest BCUT2D eigenvalue weighted by Crippen LogP contribution is 2.20. The number of aliphatic imine (C=N–C) groups is 1. The molecule has 1 aromatic carbocycles. The minimum Gasteiger partial charge on any atom is -0.494 e. The monoisotopic (exact) mass is 320 g/mol. The van der Waals surface area contributed by atoms with Gasteiger partial charge in [0.1, 0.15) is 5.75 Å². The van der Waals surface area contributed by atoms with Crippen molar-refractivity contribution in [3.8, 4) is 5.75 Å². The molecule has 0 fully saturated rings. The van der Waals surface area contributed by atoms with Crippen LogP contribution in [-0.4, -0.2) is 50.7 Å². The molecule has 5 nitrogen and oxygen atoms in total. The number of nitrogens with one attached hydrogen (secondary N) is 2. The number of guanidine groups is 1. The summed E-state index contributed by atoms with van der Waals surface area (Å²) < 4.78 is 5.72. The first-order valence-corrected chi connectivity index (χ1v) is 8.14. The Labute approximate surface area is 141 Å². The molecule has 0 unspecified atom stereocenters. The first-order valence-electron chi connectivity index (χ1n) is 8.14. The van der Waals surface area contributed by atoms with Gasteiger partial charge in [0.15, 0.2) is 5.96 Å². The number of benzene rings is 1. The Morgan fingerprint density at radius 3 is 2.52 bits per heavy atom. The fourth-order valence-electron chi connectivity index (χ4n) is 1.96. The van der Waals surface area contributed by atoms with Gasteiger partial charge in [0, 0.05) is 31.2 Å². The number of hydrogen-bond acceptors (Lipinski definition) is 3. The predicted molar refractivity (Wildman–Crippen MR) is 98.3 cm³/mol. The normalized spacial score (nSPS) is 12.4. The van der Waals surface area contributed by atoms with Crippen molar-refractivity contribution >= 4 is 5.96 Å². The van der Waals surface area contributed by atoms with Crippen LogP contribution in [0.5, 0.6) is 5.75 Å². The van der Waals surface area contributed by atoms with Gasteiger partial charge in [0.2, 0.25) is 0 Å². The van der Waals surface area contributed by atoms with Crippen LogP contribution in [0.4, 0.5) is 0 Å². The van der Waals surface area contributed by atoms with E-state index < -0.39 is 0 Å².